The Morgan fingerprint density at radius 3 is 1.81 bits per heavy atom. The van der Waals surface area contributed by atoms with E-state index in [9.17, 15) is 0 Å². The van der Waals surface area contributed by atoms with E-state index in [4.69, 9.17) is 19.4 Å². The van der Waals surface area contributed by atoms with Crippen molar-refractivity contribution in [3.05, 3.63) is 170 Å². The van der Waals surface area contributed by atoms with E-state index in [2.05, 4.69) is 162 Å². The van der Waals surface area contributed by atoms with E-state index in [1.807, 2.05) is 23.5 Å². The molecule has 8 aromatic carbocycles. The molecule has 0 bridgehead atoms. The van der Waals surface area contributed by atoms with Gasteiger partial charge in [0, 0.05) is 73.0 Å². The molecule has 0 spiro atoms. The molecule has 0 saturated heterocycles. The summed E-state index contributed by atoms with van der Waals surface area (Å²) in [5.74, 6) is 1.76. The molecule has 13 rings (SSSR count). The monoisotopic (exact) mass is 776 g/mol. The molecular weight excluding hydrogens is 749 g/mol. The quantitative estimate of drug-likeness (QED) is 0.179. The van der Waals surface area contributed by atoms with Crippen LogP contribution in [0.5, 0.6) is 0 Å². The van der Waals surface area contributed by atoms with E-state index in [0.717, 1.165) is 60.6 Å². The van der Waals surface area contributed by atoms with Gasteiger partial charge in [0.2, 0.25) is 5.95 Å². The van der Waals surface area contributed by atoms with Crippen LogP contribution < -0.4 is 0 Å². The van der Waals surface area contributed by atoms with Gasteiger partial charge in [-0.25, -0.2) is 4.98 Å². The van der Waals surface area contributed by atoms with Gasteiger partial charge in [0.25, 0.3) is 0 Å². The third-order valence-electron chi connectivity index (χ3n) is 11.5. The average molecular weight is 777 g/mol. The molecule has 7 heteroatoms. The molecule has 0 unspecified atom stereocenters. The van der Waals surface area contributed by atoms with Crippen LogP contribution in [0, 0.1) is 0 Å². The molecule has 0 saturated carbocycles. The molecule has 5 aromatic heterocycles. The number of nitrogens with zero attached hydrogens (tertiary/aromatic N) is 4. The van der Waals surface area contributed by atoms with Gasteiger partial charge in [0.05, 0.1) is 11.0 Å². The molecule has 0 N–H and O–H groups in total. The highest BCUT2D eigenvalue weighted by Crippen LogP contribution is 2.42. The Morgan fingerprint density at radius 2 is 1.02 bits per heavy atom. The van der Waals surface area contributed by atoms with Gasteiger partial charge in [0.1, 0.15) is 11.2 Å². The van der Waals surface area contributed by atoms with Crippen LogP contribution in [-0.4, -0.2) is 19.5 Å². The fourth-order valence-corrected chi connectivity index (χ4v) is 11.1. The Balaban J connectivity index is 1.07. The van der Waals surface area contributed by atoms with Crippen molar-refractivity contribution in [1.29, 1.82) is 0 Å². The molecule has 58 heavy (non-hydrogen) atoms. The fourth-order valence-electron chi connectivity index (χ4n) is 8.81. The molecule has 5 nitrogen and oxygen atoms in total. The highest BCUT2D eigenvalue weighted by molar-refractivity contribution is 7.26. The predicted molar refractivity (Wildman–Crippen MR) is 244 cm³/mol. The molecule has 0 aliphatic rings. The fraction of sp³-hybridized carbons (Fsp3) is 0. The number of rotatable bonds is 4. The van der Waals surface area contributed by atoms with E-state index < -0.39 is 0 Å². The standard InChI is InChI=1S/C51H28N4OS2/c1-2-11-29(12-3-1)32-16-10-18-42-48(32)37-24-22-30(25-43(37)56-42)49-52-50(31-21-23-36-34-14-5-8-19-44(34)57-46(36)26-31)54-51(53-49)55-40-17-7-4-13-33(40)38-27-39-35-15-6-9-20-45(35)58-47(39)28-41(38)55/h1-28H. The van der Waals surface area contributed by atoms with Crippen molar-refractivity contribution in [1.82, 2.24) is 19.5 Å². The van der Waals surface area contributed by atoms with Crippen LogP contribution in [0.4, 0.5) is 0 Å². The van der Waals surface area contributed by atoms with Crippen molar-refractivity contribution in [2.75, 3.05) is 0 Å². The van der Waals surface area contributed by atoms with E-state index in [0.29, 0.717) is 17.6 Å². The van der Waals surface area contributed by atoms with Crippen molar-refractivity contribution in [3.63, 3.8) is 0 Å². The Kier molecular flexibility index (Phi) is 6.70. The Labute approximate surface area is 338 Å². The van der Waals surface area contributed by atoms with Crippen molar-refractivity contribution in [2.45, 2.75) is 0 Å². The van der Waals surface area contributed by atoms with Gasteiger partial charge >= 0.3 is 0 Å². The molecular formula is C51H28N4OS2. The van der Waals surface area contributed by atoms with Gasteiger partial charge in [-0.2, -0.15) is 9.97 Å². The van der Waals surface area contributed by atoms with E-state index >= 15 is 0 Å². The maximum Gasteiger partial charge on any atom is 0.238 e. The third kappa shape index (κ3) is 4.72. The van der Waals surface area contributed by atoms with E-state index in [-0.39, 0.29) is 0 Å². The first-order chi connectivity index (χ1) is 28.7. The van der Waals surface area contributed by atoms with Crippen LogP contribution in [0.25, 0.3) is 124 Å². The minimum atomic E-state index is 0.569. The van der Waals surface area contributed by atoms with Crippen molar-refractivity contribution in [2.24, 2.45) is 0 Å². The number of thiophene rings is 2. The largest absolute Gasteiger partial charge is 0.456 e. The smallest absolute Gasteiger partial charge is 0.238 e. The minimum Gasteiger partial charge on any atom is -0.456 e. The molecule has 0 amide bonds. The highest BCUT2D eigenvalue weighted by atomic mass is 32.1. The van der Waals surface area contributed by atoms with E-state index in [1.54, 1.807) is 11.3 Å². The summed E-state index contributed by atoms with van der Waals surface area (Å²) in [4.78, 5) is 15.9. The van der Waals surface area contributed by atoms with Crippen LogP contribution >= 0.6 is 22.7 Å². The zero-order valence-corrected chi connectivity index (χ0v) is 32.3. The second kappa shape index (κ2) is 12.2. The number of benzene rings is 8. The van der Waals surface area contributed by atoms with Crippen molar-refractivity contribution >= 4 is 107 Å². The van der Waals surface area contributed by atoms with Gasteiger partial charge in [0.15, 0.2) is 11.6 Å². The number of fused-ring (bicyclic) bond motifs is 12. The second-order valence-corrected chi connectivity index (χ2v) is 16.9. The molecule has 0 atom stereocenters. The number of aromatic nitrogens is 4. The van der Waals surface area contributed by atoms with Crippen LogP contribution in [0.3, 0.4) is 0 Å². The summed E-state index contributed by atoms with van der Waals surface area (Å²) in [6.45, 7) is 0. The van der Waals surface area contributed by atoms with Crippen molar-refractivity contribution < 1.29 is 4.42 Å². The van der Waals surface area contributed by atoms with Crippen molar-refractivity contribution in [3.8, 4) is 39.9 Å². The topological polar surface area (TPSA) is 56.7 Å². The summed E-state index contributed by atoms with van der Waals surface area (Å²) < 4.78 is 13.8. The lowest BCUT2D eigenvalue weighted by Gasteiger charge is -2.11. The minimum absolute atomic E-state index is 0.569. The van der Waals surface area contributed by atoms with Gasteiger partial charge in [-0.05, 0) is 65.7 Å². The zero-order valence-electron chi connectivity index (χ0n) is 30.7. The summed E-state index contributed by atoms with van der Waals surface area (Å²) in [6, 6.07) is 60.1. The lowest BCUT2D eigenvalue weighted by atomic mass is 9.99. The number of hydrogen-bond acceptors (Lipinski definition) is 6. The van der Waals surface area contributed by atoms with Crippen LogP contribution in [0.2, 0.25) is 0 Å². The third-order valence-corrected chi connectivity index (χ3v) is 13.7. The summed E-state index contributed by atoms with van der Waals surface area (Å²) in [7, 11) is 0. The SMILES string of the molecule is c1ccc(-c2cccc3oc4cc(-c5nc(-c6ccc7c(c6)sc6ccccc67)nc(-n6c7ccccc7c7cc8c(cc76)sc6ccccc68)n5)ccc4c23)cc1. The average Bonchev–Trinajstić information content (AvgIpc) is 4.03. The normalized spacial score (nSPS) is 12.1. The van der Waals surface area contributed by atoms with Crippen LogP contribution in [-0.2, 0) is 0 Å². The van der Waals surface area contributed by atoms with E-state index in [1.165, 1.54) is 45.7 Å². The number of para-hydroxylation sites is 1. The lowest BCUT2D eigenvalue weighted by Crippen LogP contribution is -2.06. The zero-order chi connectivity index (χ0) is 37.9. The molecule has 270 valence electrons. The lowest BCUT2D eigenvalue weighted by molar-refractivity contribution is 0.669. The Hall–Kier alpha value is -7.19. The summed E-state index contributed by atoms with van der Waals surface area (Å²) in [5, 5.41) is 9.51. The van der Waals surface area contributed by atoms with Crippen LogP contribution in [0.1, 0.15) is 0 Å². The second-order valence-electron chi connectivity index (χ2n) is 14.8. The molecule has 5 heterocycles. The van der Waals surface area contributed by atoms with Gasteiger partial charge in [-0.15, -0.1) is 22.7 Å². The maximum atomic E-state index is 6.58. The Morgan fingerprint density at radius 1 is 0.379 bits per heavy atom. The summed E-state index contributed by atoms with van der Waals surface area (Å²) in [5.41, 5.74) is 7.83. The molecule has 13 aromatic rings. The maximum absolute atomic E-state index is 6.58. The first kappa shape index (κ1) is 32.0. The Bertz CT molecular complexity index is 3820. The summed E-state index contributed by atoms with van der Waals surface area (Å²) >= 11 is 3.61. The highest BCUT2D eigenvalue weighted by Gasteiger charge is 2.21. The first-order valence-corrected chi connectivity index (χ1v) is 20.9. The molecule has 0 aliphatic heterocycles. The predicted octanol–water partition coefficient (Wildman–Crippen LogP) is 14.6. The number of hydrogen-bond donors (Lipinski definition) is 0. The molecule has 0 fully saturated rings. The molecule has 0 radical (unpaired) electrons. The molecule has 0 aliphatic carbocycles. The van der Waals surface area contributed by atoms with Gasteiger partial charge < -0.3 is 4.42 Å². The summed E-state index contributed by atoms with van der Waals surface area (Å²) in [6.07, 6.45) is 0. The number of furan rings is 1. The van der Waals surface area contributed by atoms with Gasteiger partial charge in [-0.3, -0.25) is 4.57 Å². The first-order valence-electron chi connectivity index (χ1n) is 19.3. The van der Waals surface area contributed by atoms with Crippen LogP contribution in [0.15, 0.2) is 174 Å². The van der Waals surface area contributed by atoms with Gasteiger partial charge in [-0.1, -0.05) is 115 Å².